The van der Waals surface area contributed by atoms with Crippen LogP contribution in [0.1, 0.15) is 20.0 Å². The van der Waals surface area contributed by atoms with E-state index >= 15 is 0 Å². The summed E-state index contributed by atoms with van der Waals surface area (Å²) in [5.74, 6) is -0.684. The zero-order valence-corrected chi connectivity index (χ0v) is 12.3. The fourth-order valence-electron chi connectivity index (χ4n) is 2.08. The van der Waals surface area contributed by atoms with E-state index in [0.717, 1.165) is 5.69 Å². The number of primary amides is 1. The molecule has 2 amide bonds. The number of carbonyl (C=O) groups is 2. The second-order valence-electron chi connectivity index (χ2n) is 4.62. The van der Waals surface area contributed by atoms with E-state index in [2.05, 4.69) is 5.32 Å². The Balaban J connectivity index is 1.81. The molecule has 2 aromatic heterocycles. The zero-order chi connectivity index (χ0) is 15.5. The number of carbonyl (C=O) groups excluding carboxylic acids is 2. The average Bonchev–Trinajstić information content (AvgIpc) is 3.18. The van der Waals surface area contributed by atoms with Crippen LogP contribution in [0.3, 0.4) is 0 Å². The highest BCUT2D eigenvalue weighted by molar-refractivity contribution is 7.12. The predicted octanol–water partition coefficient (Wildman–Crippen LogP) is 2.89. The Morgan fingerprint density at radius 2 is 1.73 bits per heavy atom. The van der Waals surface area contributed by atoms with Gasteiger partial charge in [0.2, 0.25) is 5.91 Å². The average molecular weight is 311 g/mol. The molecule has 22 heavy (non-hydrogen) atoms. The molecule has 1 aromatic carbocycles. The molecule has 0 spiro atoms. The highest BCUT2D eigenvalue weighted by Crippen LogP contribution is 2.22. The van der Waals surface area contributed by atoms with Crippen molar-refractivity contribution in [1.29, 1.82) is 0 Å². The third-order valence-electron chi connectivity index (χ3n) is 3.16. The smallest absolute Gasteiger partial charge is 0.267 e. The number of amides is 2. The lowest BCUT2D eigenvalue weighted by molar-refractivity contribution is 0.0998. The minimum atomic E-state index is -0.494. The second kappa shape index (κ2) is 5.87. The van der Waals surface area contributed by atoms with E-state index in [-0.39, 0.29) is 5.91 Å². The fraction of sp³-hybridized carbons (Fsp3) is 0. The van der Waals surface area contributed by atoms with E-state index < -0.39 is 5.91 Å². The Labute approximate surface area is 131 Å². The Morgan fingerprint density at radius 1 is 1.05 bits per heavy atom. The van der Waals surface area contributed by atoms with Gasteiger partial charge in [-0.25, -0.2) is 0 Å². The van der Waals surface area contributed by atoms with Crippen LogP contribution in [0.2, 0.25) is 0 Å². The van der Waals surface area contributed by atoms with Crippen molar-refractivity contribution in [2.24, 2.45) is 5.73 Å². The third-order valence-corrected chi connectivity index (χ3v) is 4.06. The number of nitrogens with zero attached hydrogens (tertiary/aromatic N) is 1. The largest absolute Gasteiger partial charge is 0.366 e. The summed E-state index contributed by atoms with van der Waals surface area (Å²) in [6.07, 6.45) is 3.78. The van der Waals surface area contributed by atoms with Gasteiger partial charge in [0.1, 0.15) is 4.88 Å². The van der Waals surface area contributed by atoms with Crippen LogP contribution in [0.5, 0.6) is 0 Å². The van der Waals surface area contributed by atoms with Crippen molar-refractivity contribution in [3.05, 3.63) is 70.7 Å². The van der Waals surface area contributed by atoms with Crippen molar-refractivity contribution >= 4 is 28.8 Å². The van der Waals surface area contributed by atoms with Crippen molar-refractivity contribution in [2.45, 2.75) is 0 Å². The summed E-state index contributed by atoms with van der Waals surface area (Å²) >= 11 is 1.38. The van der Waals surface area contributed by atoms with Crippen molar-refractivity contribution in [3.63, 3.8) is 0 Å². The number of thiophene rings is 1. The summed E-state index contributed by atoms with van der Waals surface area (Å²) in [6, 6.07) is 12.2. The molecule has 0 fully saturated rings. The van der Waals surface area contributed by atoms with E-state index in [1.807, 2.05) is 40.5 Å². The minimum Gasteiger partial charge on any atom is -0.366 e. The molecule has 0 aliphatic heterocycles. The first-order valence-corrected chi connectivity index (χ1v) is 7.45. The molecule has 0 bridgehead atoms. The topological polar surface area (TPSA) is 77.1 Å². The van der Waals surface area contributed by atoms with E-state index in [9.17, 15) is 9.59 Å². The van der Waals surface area contributed by atoms with Crippen LogP contribution in [0.15, 0.2) is 60.2 Å². The monoisotopic (exact) mass is 311 g/mol. The van der Waals surface area contributed by atoms with Crippen LogP contribution in [0, 0.1) is 0 Å². The summed E-state index contributed by atoms with van der Waals surface area (Å²) in [5.41, 5.74) is 7.04. The fourth-order valence-corrected chi connectivity index (χ4v) is 2.86. The molecule has 3 N–H and O–H groups in total. The highest BCUT2D eigenvalue weighted by Gasteiger charge is 2.14. The summed E-state index contributed by atoms with van der Waals surface area (Å²) < 4.78 is 1.89. The number of nitrogens with two attached hydrogens (primary N) is 1. The maximum absolute atomic E-state index is 12.4. The molecule has 3 aromatic rings. The predicted molar refractivity (Wildman–Crippen MR) is 86.6 cm³/mol. The van der Waals surface area contributed by atoms with Gasteiger partial charge in [0.25, 0.3) is 5.91 Å². The maximum Gasteiger partial charge on any atom is 0.267 e. The Morgan fingerprint density at radius 3 is 2.36 bits per heavy atom. The molecule has 2 heterocycles. The molecule has 110 valence electrons. The van der Waals surface area contributed by atoms with Gasteiger partial charge in [-0.05, 0) is 47.8 Å². The third kappa shape index (κ3) is 2.77. The Kier molecular flexibility index (Phi) is 3.76. The minimum absolute atomic E-state index is 0.189. The van der Waals surface area contributed by atoms with Crippen LogP contribution in [-0.2, 0) is 0 Å². The number of anilines is 1. The summed E-state index contributed by atoms with van der Waals surface area (Å²) in [7, 11) is 0. The van der Waals surface area contributed by atoms with Crippen LogP contribution in [0.4, 0.5) is 5.69 Å². The van der Waals surface area contributed by atoms with Crippen molar-refractivity contribution in [2.75, 3.05) is 5.32 Å². The molecular weight excluding hydrogens is 298 g/mol. The molecule has 3 rings (SSSR count). The van der Waals surface area contributed by atoms with Gasteiger partial charge in [-0.1, -0.05) is 0 Å². The molecule has 0 radical (unpaired) electrons. The van der Waals surface area contributed by atoms with Gasteiger partial charge in [0.05, 0.1) is 5.69 Å². The molecule has 0 aliphatic rings. The van der Waals surface area contributed by atoms with Gasteiger partial charge in [-0.2, -0.15) is 0 Å². The van der Waals surface area contributed by atoms with Gasteiger partial charge in [-0.3, -0.25) is 9.59 Å². The SMILES string of the molecule is NC(=O)c1ccc(NC(=O)c2sccc2-n2cccc2)cc1. The number of aromatic nitrogens is 1. The van der Waals surface area contributed by atoms with E-state index in [4.69, 9.17) is 5.73 Å². The molecule has 0 unspecified atom stereocenters. The van der Waals surface area contributed by atoms with E-state index in [1.165, 1.54) is 11.3 Å². The lowest BCUT2D eigenvalue weighted by Crippen LogP contribution is -2.13. The summed E-state index contributed by atoms with van der Waals surface area (Å²) in [6.45, 7) is 0. The van der Waals surface area contributed by atoms with Crippen LogP contribution in [-0.4, -0.2) is 16.4 Å². The van der Waals surface area contributed by atoms with Gasteiger partial charge >= 0.3 is 0 Å². The van der Waals surface area contributed by atoms with Crippen molar-refractivity contribution in [1.82, 2.24) is 4.57 Å². The Bertz CT molecular complexity index is 804. The van der Waals surface area contributed by atoms with E-state index in [1.54, 1.807) is 24.3 Å². The summed E-state index contributed by atoms with van der Waals surface area (Å²) in [5, 5.41) is 4.69. The lowest BCUT2D eigenvalue weighted by Gasteiger charge is -2.07. The lowest BCUT2D eigenvalue weighted by atomic mass is 10.2. The quantitative estimate of drug-likeness (QED) is 0.777. The number of benzene rings is 1. The molecule has 5 nitrogen and oxygen atoms in total. The Hall–Kier alpha value is -2.86. The molecule has 6 heteroatoms. The van der Waals surface area contributed by atoms with Gasteiger partial charge in [0, 0.05) is 23.6 Å². The standard InChI is InChI=1S/C16H13N3O2S/c17-15(20)11-3-5-12(6-4-11)18-16(21)14-13(7-10-22-14)19-8-1-2-9-19/h1-10H,(H2,17,20)(H,18,21). The zero-order valence-electron chi connectivity index (χ0n) is 11.5. The highest BCUT2D eigenvalue weighted by atomic mass is 32.1. The van der Waals surface area contributed by atoms with Crippen LogP contribution < -0.4 is 11.1 Å². The number of nitrogens with one attached hydrogen (secondary N) is 1. The number of rotatable bonds is 4. The summed E-state index contributed by atoms with van der Waals surface area (Å²) in [4.78, 5) is 24.1. The van der Waals surface area contributed by atoms with Gasteiger partial charge in [-0.15, -0.1) is 11.3 Å². The molecule has 0 saturated heterocycles. The normalized spacial score (nSPS) is 10.4. The van der Waals surface area contributed by atoms with Crippen molar-refractivity contribution < 1.29 is 9.59 Å². The van der Waals surface area contributed by atoms with Gasteiger partial charge in [0.15, 0.2) is 0 Å². The number of hydrogen-bond acceptors (Lipinski definition) is 3. The van der Waals surface area contributed by atoms with Crippen LogP contribution >= 0.6 is 11.3 Å². The van der Waals surface area contributed by atoms with E-state index in [0.29, 0.717) is 16.1 Å². The second-order valence-corrected chi connectivity index (χ2v) is 5.54. The first-order valence-electron chi connectivity index (χ1n) is 6.57. The maximum atomic E-state index is 12.4. The molecule has 0 saturated carbocycles. The van der Waals surface area contributed by atoms with Gasteiger partial charge < -0.3 is 15.6 Å². The molecular formula is C16H13N3O2S. The molecule has 0 atom stereocenters. The van der Waals surface area contributed by atoms with Crippen LogP contribution in [0.25, 0.3) is 5.69 Å². The first-order chi connectivity index (χ1) is 10.6. The first kappa shape index (κ1) is 14.1. The number of hydrogen-bond donors (Lipinski definition) is 2. The molecule has 0 aliphatic carbocycles. The van der Waals surface area contributed by atoms with Crippen molar-refractivity contribution in [3.8, 4) is 5.69 Å².